The largest absolute Gasteiger partial charge is 1.00 e. The summed E-state index contributed by atoms with van der Waals surface area (Å²) in [5.41, 5.74) is 0.745. The third-order valence-electron chi connectivity index (χ3n) is 19.0. The maximum absolute atomic E-state index is 12.4. The minimum absolute atomic E-state index is 0. The number of carbonyl (C=O) groups excluding carboxylic acids is 1. The number of carbonyl (C=O) groups is 1. The number of pyridine rings is 2. The smallest absolute Gasteiger partial charge is 0.754 e. The molecule has 0 aliphatic carbocycles. The predicted octanol–water partition coefficient (Wildman–Crippen LogP) is -12.3. The first-order valence-electron chi connectivity index (χ1n) is 37.8. The topological polar surface area (TPSA) is 806 Å². The molecule has 47 nitrogen and oxygen atoms in total. The molecule has 4 heterocycles. The summed E-state index contributed by atoms with van der Waals surface area (Å²) in [6.07, 6.45) is 0. The normalized spacial score (nSPS) is 11.4. The molecule has 0 bridgehead atoms. The van der Waals surface area contributed by atoms with E-state index in [1.54, 1.807) is 30.3 Å². The van der Waals surface area contributed by atoms with E-state index in [0.29, 0.717) is 28.2 Å². The van der Waals surface area contributed by atoms with Gasteiger partial charge < -0.3 is 63.0 Å². The Morgan fingerprint density at radius 1 is 0.336 bits per heavy atom. The summed E-state index contributed by atoms with van der Waals surface area (Å²) in [6, 6.07) is 51.5. The average Bonchev–Trinajstić information content (AvgIpc) is 1.77. The number of rotatable bonds is 27. The van der Waals surface area contributed by atoms with Crippen LogP contribution >= 0.6 is 22.7 Å². The number of benzene rings is 10. The van der Waals surface area contributed by atoms with Gasteiger partial charge in [0.25, 0.3) is 0 Å². The van der Waals surface area contributed by atoms with Crippen molar-refractivity contribution in [2.24, 2.45) is 40.9 Å². The van der Waals surface area contributed by atoms with Crippen LogP contribution in [0.25, 0.3) is 43.8 Å². The molecule has 10 aromatic carbocycles. The molecule has 714 valence electrons. The van der Waals surface area contributed by atoms with Gasteiger partial charge in [0.1, 0.15) is 128 Å². The maximum Gasteiger partial charge on any atom is 1.00 e. The molecular formula is C82H48Li5N19Na4O28S11. The van der Waals surface area contributed by atoms with E-state index in [0.717, 1.165) is 114 Å². The van der Waals surface area contributed by atoms with Crippen LogP contribution in [0.3, 0.4) is 0 Å². The van der Waals surface area contributed by atoms with Gasteiger partial charge >= 0.3 is 223 Å². The fraction of sp³-hybridized carbons (Fsp3) is 0.0366. The molecule has 149 heavy (non-hydrogen) atoms. The van der Waals surface area contributed by atoms with Crippen LogP contribution in [-0.4, -0.2) is 132 Å². The number of nitriles is 4. The Bertz CT molecular complexity index is 8970. The van der Waals surface area contributed by atoms with Gasteiger partial charge in [0.15, 0.2) is 33.3 Å². The molecule has 0 saturated carbocycles. The number of anilines is 9. The molecule has 0 atom stereocenters. The summed E-state index contributed by atoms with van der Waals surface area (Å²) in [7, 11) is -43.4. The molecule has 0 radical (unpaired) electrons. The average molecular weight is 2230 g/mol. The molecule has 1 amide bonds. The van der Waals surface area contributed by atoms with Crippen molar-refractivity contribution in [2.75, 3.05) is 26.6 Å². The SMILES string of the molecule is CC(=O)Nc1ccc(-c2c(N=Nc3cc(S(=O)(=O)[O-])c4cccc(S(=O)(=O)[O-])c4c3)sc(N=Nc3c(Nc4ccc(S(=O)(=O)[O-])cc4)nc(Nc4ccc(S(=O)(=O)[O-])cc4)c(C#N)c3C)c2C#N)cc1.Cc1c(C#N)c(Nc2ccc(S(=O)(=O)[O-])cc2)nc(Nc2ccc(S(=O)(=O)[O-])cc2)c1N=Nc1sc(N=Nc2cc(S(=O)(=O)[O-])c3c[c-]cc(S(=O)(=O)[O-])c3c2)c(-c2ccccc2)c1C#N.O=S(=O)=O.[Li+].[Li+].[Li+].[Li+].[Li+].[Na+].[Na+].[Na+].[Na+]. The van der Waals surface area contributed by atoms with Gasteiger partial charge in [-0.2, -0.15) is 39.2 Å². The summed E-state index contributed by atoms with van der Waals surface area (Å²) in [5.74, 6) is -0.882. The number of thiophene rings is 2. The van der Waals surface area contributed by atoms with Gasteiger partial charge in [-0.05, 0) is 169 Å². The van der Waals surface area contributed by atoms with Crippen LogP contribution in [0, 0.1) is 65.2 Å². The van der Waals surface area contributed by atoms with Crippen molar-refractivity contribution in [3.63, 3.8) is 0 Å². The zero-order valence-corrected chi connectivity index (χ0v) is 95.8. The van der Waals surface area contributed by atoms with Crippen LogP contribution in [0.1, 0.15) is 40.3 Å². The van der Waals surface area contributed by atoms with Gasteiger partial charge in [-0.15, -0.1) is 64.3 Å². The van der Waals surface area contributed by atoms with Crippen LogP contribution < -0.4 is 239 Å². The predicted molar refractivity (Wildman–Crippen MR) is 486 cm³/mol. The van der Waals surface area contributed by atoms with Crippen molar-refractivity contribution in [2.45, 2.75) is 59.9 Å². The van der Waals surface area contributed by atoms with Crippen LogP contribution in [0.2, 0.25) is 0 Å². The molecule has 4 aromatic heterocycles. The standard InChI is InChI=1S/C42H30N10O13S5.C40H26N9O12S5.5Li.4Na.O3S/c1-22-33(20-43)39(46-26-10-14-29(15-11-26)67(54,55)56)48-40(47-27-12-16-30(17-13-27)68(57,58)59)38(22)50-51-41-34(21-44)37(24-6-8-25(9-7-24)45-23(2)53)42(66-41)52-49-28-18-32-31(36(19-28)70(63,64)65)4-3-5-35(32)69(60,61)62;1-22-31(20-41)37(43-24-10-14-27(15-11-24)63(50,51)52)45-38(44-25-12-16-28(17-13-25)64(53,54)55)36(22)47-48-39-32(21-42)35(23-6-3-2-4-7-23)40(62-39)49-46-26-18-30-29(34(19-26)66(59,60)61)8-5-9-33(30)65(56,57)58;;;;;;;;;;1-4(2)3/h3-19H,1-2H3,(H,45,53)(H2,46,47,48)(H,54,55,56)(H,57,58,59)(H,60,61,62)(H,63,64,65);2-4,6-19H,1H3,(H2,43,44,45)(H,50,51,52)(H,53,54,55)(H,56,57,58)(H,59,60,61);;;;;;;;;;/q;-1;9*+1;/p-8. The number of hydrogen-bond donors (Lipinski definition) is 5. The maximum atomic E-state index is 12.4. The Balaban J connectivity index is 0.000000698. The summed E-state index contributed by atoms with van der Waals surface area (Å²) < 4.78 is 311. The number of aromatic nitrogens is 2. The van der Waals surface area contributed by atoms with E-state index in [2.05, 4.69) is 89.6 Å². The number of amides is 1. The molecule has 0 fully saturated rings. The number of nitrogens with zero attached hydrogens (tertiary/aromatic N) is 14. The molecule has 0 spiro atoms. The molecule has 5 N–H and O–H groups in total. The van der Waals surface area contributed by atoms with Crippen molar-refractivity contribution in [1.29, 1.82) is 21.0 Å². The molecule has 0 saturated heterocycles. The second kappa shape index (κ2) is 55.9. The summed E-state index contributed by atoms with van der Waals surface area (Å²) >= 11 is 1.47. The molecule has 0 aliphatic heterocycles. The minimum Gasteiger partial charge on any atom is -0.754 e. The summed E-state index contributed by atoms with van der Waals surface area (Å²) in [5, 5.41) is 88.1. The Labute approximate surface area is 1010 Å². The molecule has 0 unspecified atom stereocenters. The van der Waals surface area contributed by atoms with Gasteiger partial charge in [0.2, 0.25) is 5.91 Å². The first-order valence-corrected chi connectivity index (χ1v) is 51.7. The number of fused-ring (bicyclic) bond motifs is 2. The van der Waals surface area contributed by atoms with Gasteiger partial charge in [-0.1, -0.05) is 77.3 Å². The Hall–Kier alpha value is -8.66. The van der Waals surface area contributed by atoms with E-state index in [-0.39, 0.29) is 351 Å². The number of nitrogens with one attached hydrogen (secondary N) is 5. The second-order valence-electron chi connectivity index (χ2n) is 28.1. The summed E-state index contributed by atoms with van der Waals surface area (Å²) in [6.45, 7) is 4.21. The van der Waals surface area contributed by atoms with Gasteiger partial charge in [0, 0.05) is 73.3 Å². The van der Waals surface area contributed by atoms with E-state index in [9.17, 15) is 130 Å². The third kappa shape index (κ3) is 34.2. The number of azo groups is 4. The molecule has 0 aliphatic rings. The van der Waals surface area contributed by atoms with Crippen molar-refractivity contribution in [3.05, 3.63) is 246 Å². The van der Waals surface area contributed by atoms with Gasteiger partial charge in [-0.3, -0.25) is 13.2 Å². The van der Waals surface area contributed by atoms with Crippen molar-refractivity contribution in [3.8, 4) is 46.5 Å². The number of hydrogen-bond acceptors (Lipinski definition) is 48. The molecule has 14 aromatic rings. The van der Waals surface area contributed by atoms with Crippen LogP contribution in [0.5, 0.6) is 0 Å². The van der Waals surface area contributed by atoms with E-state index < -0.39 is 153 Å². The Kier molecular flexibility index (Phi) is 50.5. The Morgan fingerprint density at radius 2 is 0.638 bits per heavy atom. The third-order valence-corrected chi connectivity index (χ3v) is 27.8. The fourth-order valence-electron chi connectivity index (χ4n) is 12.9. The monoisotopic (exact) mass is 2230 g/mol. The van der Waals surface area contributed by atoms with Crippen molar-refractivity contribution in [1.82, 2.24) is 9.97 Å². The zero-order valence-electron chi connectivity index (χ0n) is 78.8. The molecule has 67 heteroatoms. The van der Waals surface area contributed by atoms with Crippen LogP contribution in [-0.2, 0) is 96.3 Å². The van der Waals surface area contributed by atoms with E-state index in [1.165, 1.54) is 93.6 Å². The first kappa shape index (κ1) is 134. The zero-order chi connectivity index (χ0) is 102. The second-order valence-corrected chi connectivity index (χ2v) is 41.3. The first-order chi connectivity index (χ1) is 65.6. The van der Waals surface area contributed by atoms with E-state index >= 15 is 0 Å². The van der Waals surface area contributed by atoms with Gasteiger partial charge in [-0.25, -0.2) is 68.9 Å². The van der Waals surface area contributed by atoms with Crippen molar-refractivity contribution >= 4 is 236 Å². The molecular weight excluding hydrogens is 2180 g/mol. The fourth-order valence-corrected chi connectivity index (χ4v) is 19.4. The molecule has 14 rings (SSSR count). The summed E-state index contributed by atoms with van der Waals surface area (Å²) in [4.78, 5) is 15.1. The van der Waals surface area contributed by atoms with E-state index in [4.69, 9.17) is 12.6 Å². The van der Waals surface area contributed by atoms with Crippen LogP contribution in [0.4, 0.5) is 94.5 Å². The van der Waals surface area contributed by atoms with Gasteiger partial charge in [0.05, 0.1) is 62.0 Å². The quantitative estimate of drug-likeness (QED) is 0.0138. The minimum atomic E-state index is -5.31. The van der Waals surface area contributed by atoms with E-state index in [1.807, 2.05) is 18.2 Å². The Morgan fingerprint density at radius 3 is 0.953 bits per heavy atom. The van der Waals surface area contributed by atoms with Crippen molar-refractivity contribution < 1.29 is 334 Å². The van der Waals surface area contributed by atoms with Crippen LogP contribution in [0.15, 0.2) is 286 Å².